The van der Waals surface area contributed by atoms with Gasteiger partial charge in [0.1, 0.15) is 5.75 Å². The zero-order valence-electron chi connectivity index (χ0n) is 17.5. The molecule has 0 bridgehead atoms. The Morgan fingerprint density at radius 1 is 1.10 bits per heavy atom. The number of hydrogen-bond acceptors (Lipinski definition) is 6. The molecule has 0 aliphatic carbocycles. The second-order valence-corrected chi connectivity index (χ2v) is 7.74. The van der Waals surface area contributed by atoms with Crippen LogP contribution in [0.4, 0.5) is 11.6 Å². The number of ether oxygens (including phenoxy) is 2. The zero-order valence-corrected chi connectivity index (χ0v) is 17.5. The normalized spacial score (nSPS) is 14.6. The highest BCUT2D eigenvalue weighted by atomic mass is 16.5. The van der Waals surface area contributed by atoms with Gasteiger partial charge in [0, 0.05) is 54.2 Å². The molecule has 0 spiro atoms. The van der Waals surface area contributed by atoms with Crippen molar-refractivity contribution in [3.63, 3.8) is 0 Å². The summed E-state index contributed by atoms with van der Waals surface area (Å²) in [6, 6.07) is 18.1. The summed E-state index contributed by atoms with van der Waals surface area (Å²) in [6.07, 6.45) is 1.70. The first-order chi connectivity index (χ1) is 15.2. The van der Waals surface area contributed by atoms with Gasteiger partial charge in [0.05, 0.1) is 13.2 Å². The van der Waals surface area contributed by atoms with Gasteiger partial charge in [-0.25, -0.2) is 4.98 Å². The smallest absolute Gasteiger partial charge is 0.230 e. The molecule has 7 heteroatoms. The average Bonchev–Trinajstić information content (AvgIpc) is 3.14. The number of benzene rings is 2. The van der Waals surface area contributed by atoms with Crippen molar-refractivity contribution in [3.05, 3.63) is 72.1 Å². The molecular formula is C24H25N5O2. The standard InChI is InChI=1S/C24H25N5O2/c1-17-13-19-15-21(5-6-22(19)26-17)31-23-7-8-25-24(28-23)27-20-4-2-3-18(14-20)16-29-9-11-30-12-10-29/h2-8,13-15,26H,9-12,16H2,1H3,(H,25,27,28). The molecule has 2 N–H and O–H groups in total. The fourth-order valence-electron chi connectivity index (χ4n) is 3.79. The maximum Gasteiger partial charge on any atom is 0.230 e. The second kappa shape index (κ2) is 8.75. The Hall–Kier alpha value is -3.42. The van der Waals surface area contributed by atoms with Crippen molar-refractivity contribution in [1.29, 1.82) is 0 Å². The highest BCUT2D eigenvalue weighted by Crippen LogP contribution is 2.26. The van der Waals surface area contributed by atoms with Gasteiger partial charge in [-0.3, -0.25) is 4.90 Å². The van der Waals surface area contributed by atoms with E-state index in [1.165, 1.54) is 5.56 Å². The Balaban J connectivity index is 1.28. The van der Waals surface area contributed by atoms with Crippen molar-refractivity contribution in [2.45, 2.75) is 13.5 Å². The molecule has 1 fully saturated rings. The number of rotatable bonds is 6. The largest absolute Gasteiger partial charge is 0.439 e. The predicted molar refractivity (Wildman–Crippen MR) is 121 cm³/mol. The summed E-state index contributed by atoms with van der Waals surface area (Å²) in [4.78, 5) is 14.6. The van der Waals surface area contributed by atoms with Crippen LogP contribution >= 0.6 is 0 Å². The molecule has 31 heavy (non-hydrogen) atoms. The lowest BCUT2D eigenvalue weighted by Crippen LogP contribution is -2.35. The first-order valence-electron chi connectivity index (χ1n) is 10.5. The molecule has 0 atom stereocenters. The van der Waals surface area contributed by atoms with E-state index in [0.29, 0.717) is 11.8 Å². The number of aromatic amines is 1. The number of fused-ring (bicyclic) bond motifs is 1. The van der Waals surface area contributed by atoms with Crippen LogP contribution in [0.15, 0.2) is 60.8 Å². The van der Waals surface area contributed by atoms with E-state index in [1.807, 2.05) is 37.3 Å². The van der Waals surface area contributed by atoms with Gasteiger partial charge < -0.3 is 19.8 Å². The summed E-state index contributed by atoms with van der Waals surface area (Å²) < 4.78 is 11.4. The van der Waals surface area contributed by atoms with E-state index < -0.39 is 0 Å². The van der Waals surface area contributed by atoms with E-state index in [0.717, 1.165) is 60.9 Å². The van der Waals surface area contributed by atoms with E-state index >= 15 is 0 Å². The van der Waals surface area contributed by atoms with Gasteiger partial charge in [-0.1, -0.05) is 12.1 Å². The molecule has 1 saturated heterocycles. The minimum absolute atomic E-state index is 0.494. The van der Waals surface area contributed by atoms with Crippen molar-refractivity contribution < 1.29 is 9.47 Å². The molecule has 7 nitrogen and oxygen atoms in total. The lowest BCUT2D eigenvalue weighted by atomic mass is 10.2. The summed E-state index contributed by atoms with van der Waals surface area (Å²) in [5.41, 5.74) is 4.41. The number of morpholine rings is 1. The molecule has 4 aromatic rings. The van der Waals surface area contributed by atoms with Crippen molar-refractivity contribution in [3.8, 4) is 11.6 Å². The van der Waals surface area contributed by atoms with Gasteiger partial charge >= 0.3 is 0 Å². The fourth-order valence-corrected chi connectivity index (χ4v) is 3.79. The van der Waals surface area contributed by atoms with Crippen LogP contribution in [0.1, 0.15) is 11.3 Å². The molecule has 0 saturated carbocycles. The zero-order chi connectivity index (χ0) is 21.0. The highest BCUT2D eigenvalue weighted by molar-refractivity contribution is 5.81. The van der Waals surface area contributed by atoms with Crippen LogP contribution in [0.5, 0.6) is 11.6 Å². The summed E-state index contributed by atoms with van der Waals surface area (Å²) in [7, 11) is 0. The van der Waals surface area contributed by atoms with Crippen LogP contribution < -0.4 is 10.1 Å². The van der Waals surface area contributed by atoms with Crippen LogP contribution in [0.3, 0.4) is 0 Å². The second-order valence-electron chi connectivity index (χ2n) is 7.74. The molecule has 0 radical (unpaired) electrons. The molecule has 1 aliphatic rings. The molecule has 5 rings (SSSR count). The van der Waals surface area contributed by atoms with Gasteiger partial charge in [-0.05, 0) is 48.9 Å². The Morgan fingerprint density at radius 3 is 2.90 bits per heavy atom. The first-order valence-corrected chi connectivity index (χ1v) is 10.5. The molecule has 0 amide bonds. The molecule has 158 valence electrons. The van der Waals surface area contributed by atoms with Gasteiger partial charge in [-0.2, -0.15) is 4.98 Å². The van der Waals surface area contributed by atoms with Gasteiger partial charge in [0.2, 0.25) is 11.8 Å². The van der Waals surface area contributed by atoms with E-state index in [9.17, 15) is 0 Å². The molecule has 1 aliphatic heterocycles. The number of H-pyrrole nitrogens is 1. The Kier molecular flexibility index (Phi) is 5.52. The number of aromatic nitrogens is 3. The number of aryl methyl sites for hydroxylation is 1. The molecule has 2 aromatic heterocycles. The van der Waals surface area contributed by atoms with Crippen LogP contribution in [-0.4, -0.2) is 46.2 Å². The molecule has 0 unspecified atom stereocenters. The highest BCUT2D eigenvalue weighted by Gasteiger charge is 2.11. The van der Waals surface area contributed by atoms with Gasteiger partial charge in [-0.15, -0.1) is 0 Å². The van der Waals surface area contributed by atoms with E-state index in [-0.39, 0.29) is 0 Å². The Labute approximate surface area is 181 Å². The monoisotopic (exact) mass is 415 g/mol. The predicted octanol–water partition coefficient (Wildman–Crippen LogP) is 4.63. The van der Waals surface area contributed by atoms with E-state index in [4.69, 9.17) is 9.47 Å². The lowest BCUT2D eigenvalue weighted by molar-refractivity contribution is 0.0342. The molecule has 3 heterocycles. The third-order valence-electron chi connectivity index (χ3n) is 5.27. The number of nitrogens with zero attached hydrogens (tertiary/aromatic N) is 3. The molecular weight excluding hydrogens is 390 g/mol. The quantitative estimate of drug-likeness (QED) is 0.478. The van der Waals surface area contributed by atoms with Crippen molar-refractivity contribution in [2.24, 2.45) is 0 Å². The minimum atomic E-state index is 0.494. The molecule has 2 aromatic carbocycles. The summed E-state index contributed by atoms with van der Waals surface area (Å²) in [5, 5.41) is 4.40. The third-order valence-corrected chi connectivity index (χ3v) is 5.27. The third kappa shape index (κ3) is 4.84. The van der Waals surface area contributed by atoms with Crippen LogP contribution in [0.25, 0.3) is 10.9 Å². The van der Waals surface area contributed by atoms with Gasteiger partial charge in [0.25, 0.3) is 0 Å². The van der Waals surface area contributed by atoms with Crippen LogP contribution in [0.2, 0.25) is 0 Å². The van der Waals surface area contributed by atoms with E-state index in [2.05, 4.69) is 43.4 Å². The summed E-state index contributed by atoms with van der Waals surface area (Å²) in [6.45, 7) is 6.48. The number of anilines is 2. The maximum absolute atomic E-state index is 5.97. The lowest BCUT2D eigenvalue weighted by Gasteiger charge is -2.26. The Bertz CT molecular complexity index is 1180. The maximum atomic E-state index is 5.97. The average molecular weight is 415 g/mol. The van der Waals surface area contributed by atoms with Crippen molar-refractivity contribution in [1.82, 2.24) is 19.9 Å². The number of nitrogens with one attached hydrogen (secondary N) is 2. The number of hydrogen-bond donors (Lipinski definition) is 2. The summed E-state index contributed by atoms with van der Waals surface area (Å²) >= 11 is 0. The Morgan fingerprint density at radius 2 is 2.00 bits per heavy atom. The van der Waals surface area contributed by atoms with Gasteiger partial charge in [0.15, 0.2) is 0 Å². The van der Waals surface area contributed by atoms with Crippen LogP contribution in [0, 0.1) is 6.92 Å². The van der Waals surface area contributed by atoms with Crippen molar-refractivity contribution >= 4 is 22.5 Å². The SMILES string of the molecule is Cc1cc2cc(Oc3ccnc(Nc4cccc(CN5CCOCC5)c4)n3)ccc2[nH]1. The van der Waals surface area contributed by atoms with E-state index in [1.54, 1.807) is 12.3 Å². The van der Waals surface area contributed by atoms with Crippen LogP contribution in [-0.2, 0) is 11.3 Å². The fraction of sp³-hybridized carbons (Fsp3) is 0.250. The minimum Gasteiger partial charge on any atom is -0.439 e. The summed E-state index contributed by atoms with van der Waals surface area (Å²) in [5.74, 6) is 1.73. The topological polar surface area (TPSA) is 75.3 Å². The first kappa shape index (κ1) is 19.5. The van der Waals surface area contributed by atoms with Crippen molar-refractivity contribution in [2.75, 3.05) is 31.6 Å².